The van der Waals surface area contributed by atoms with Crippen molar-refractivity contribution in [3.8, 4) is 78.4 Å². The largest absolute Gasteiger partial charge is 0.248 e. The number of fused-ring (bicyclic) bond motifs is 5. The molecule has 0 fully saturated rings. The Morgan fingerprint density at radius 3 is 1.15 bits per heavy atom. The highest BCUT2D eigenvalue weighted by Gasteiger charge is 2.48. The Hall–Kier alpha value is -10.0. The molecule has 80 heavy (non-hydrogen) atoms. The van der Waals surface area contributed by atoms with Crippen LogP contribution >= 0.6 is 0 Å². The third-order valence-electron chi connectivity index (χ3n) is 17.1. The molecule has 0 bridgehead atoms. The van der Waals surface area contributed by atoms with Crippen LogP contribution in [0, 0.1) is 0 Å². The standard InChI is InChI=1S/C78H54N2/c1-7-24-53(25-8-1)73-49-59(51-75(79-73)57-42-44-67-65-38-19-21-40-69(65)77(71(67)47-57,61-30-11-3-12-31-61)62-32-13-4-14-33-62)55-28-23-29-56(46-55)60-50-74(54-26-9-2-10-27-54)80-76(52-60)58-43-45-68-66-39-20-22-41-70(66)78(72(68)48-58,63-34-15-5-16-35-63)64-36-17-6-18-37-64/h1-19,21-38,40-52H,20,39H2. The van der Waals surface area contributed by atoms with Crippen molar-refractivity contribution in [2.75, 3.05) is 0 Å². The Morgan fingerprint density at radius 2 is 0.650 bits per heavy atom. The smallest absolute Gasteiger partial charge is 0.0715 e. The quantitative estimate of drug-likeness (QED) is 0.136. The molecule has 0 aliphatic heterocycles. The monoisotopic (exact) mass is 1020 g/mol. The van der Waals surface area contributed by atoms with Crippen molar-refractivity contribution in [2.24, 2.45) is 0 Å². The van der Waals surface area contributed by atoms with Gasteiger partial charge in [-0.05, 0) is 144 Å². The van der Waals surface area contributed by atoms with Gasteiger partial charge < -0.3 is 0 Å². The molecule has 0 saturated carbocycles. The van der Waals surface area contributed by atoms with E-state index in [0.29, 0.717) is 0 Å². The maximum Gasteiger partial charge on any atom is 0.0715 e. The Balaban J connectivity index is 0.886. The van der Waals surface area contributed by atoms with Crippen molar-refractivity contribution in [2.45, 2.75) is 23.7 Å². The van der Waals surface area contributed by atoms with E-state index in [0.717, 1.165) is 80.1 Å². The molecule has 0 saturated heterocycles. The third kappa shape index (κ3) is 7.63. The minimum absolute atomic E-state index is 0.478. The summed E-state index contributed by atoms with van der Waals surface area (Å²) in [4.78, 5) is 11.1. The first kappa shape index (κ1) is 47.2. The summed E-state index contributed by atoms with van der Waals surface area (Å²) in [6.45, 7) is 0. The van der Waals surface area contributed by atoms with Gasteiger partial charge in [-0.3, -0.25) is 0 Å². The van der Waals surface area contributed by atoms with Crippen LogP contribution in [0.25, 0.3) is 84.0 Å². The number of allylic oxidation sites excluding steroid dienone is 4. The fourth-order valence-corrected chi connectivity index (χ4v) is 13.6. The van der Waals surface area contributed by atoms with Gasteiger partial charge in [0.2, 0.25) is 0 Å². The average Bonchev–Trinajstić information content (AvgIpc) is 4.07. The molecule has 3 aliphatic carbocycles. The highest BCUT2D eigenvalue weighted by molar-refractivity contribution is 5.92. The molecule has 2 aromatic heterocycles. The first-order valence-corrected chi connectivity index (χ1v) is 27.9. The summed E-state index contributed by atoms with van der Waals surface area (Å²) in [7, 11) is 0. The summed E-state index contributed by atoms with van der Waals surface area (Å²) in [5, 5.41) is 0. The summed E-state index contributed by atoms with van der Waals surface area (Å²) in [6.07, 6.45) is 6.81. The molecule has 12 aromatic rings. The second kappa shape index (κ2) is 19.5. The lowest BCUT2D eigenvalue weighted by molar-refractivity contribution is 0.757. The van der Waals surface area contributed by atoms with Gasteiger partial charge in [0, 0.05) is 22.3 Å². The van der Waals surface area contributed by atoms with E-state index >= 15 is 0 Å². The first-order valence-electron chi connectivity index (χ1n) is 27.9. The second-order valence-electron chi connectivity index (χ2n) is 21.4. The lowest BCUT2D eigenvalue weighted by Gasteiger charge is -2.35. The zero-order valence-electron chi connectivity index (χ0n) is 44.2. The highest BCUT2D eigenvalue weighted by Crippen LogP contribution is 2.59. The minimum atomic E-state index is -0.527. The normalized spacial score (nSPS) is 14.2. The Morgan fingerprint density at radius 1 is 0.263 bits per heavy atom. The van der Waals surface area contributed by atoms with E-state index in [-0.39, 0.29) is 0 Å². The van der Waals surface area contributed by atoms with E-state index in [2.05, 4.69) is 303 Å². The van der Waals surface area contributed by atoms with Crippen LogP contribution in [-0.4, -0.2) is 9.97 Å². The van der Waals surface area contributed by atoms with Gasteiger partial charge in [0.15, 0.2) is 0 Å². The van der Waals surface area contributed by atoms with Crippen molar-refractivity contribution in [1.82, 2.24) is 9.97 Å². The summed E-state index contributed by atoms with van der Waals surface area (Å²) < 4.78 is 0. The minimum Gasteiger partial charge on any atom is -0.248 e. The Bertz CT molecular complexity index is 4290. The maximum atomic E-state index is 5.53. The van der Waals surface area contributed by atoms with Gasteiger partial charge in [-0.25, -0.2) is 9.97 Å². The van der Waals surface area contributed by atoms with Gasteiger partial charge in [0.05, 0.1) is 33.6 Å². The second-order valence-corrected chi connectivity index (χ2v) is 21.4. The third-order valence-corrected chi connectivity index (χ3v) is 17.1. The molecule has 0 N–H and O–H groups in total. The number of hydrogen-bond acceptors (Lipinski definition) is 2. The summed E-state index contributed by atoms with van der Waals surface area (Å²) >= 11 is 0. The molecule has 2 heterocycles. The Labute approximate surface area is 468 Å². The van der Waals surface area contributed by atoms with Crippen molar-refractivity contribution < 1.29 is 0 Å². The Kier molecular flexibility index (Phi) is 11.5. The van der Waals surface area contributed by atoms with Gasteiger partial charge in [-0.1, -0.05) is 261 Å². The molecule has 15 rings (SSSR count). The summed E-state index contributed by atoms with van der Waals surface area (Å²) in [5.41, 5.74) is 26.9. The predicted molar refractivity (Wildman–Crippen MR) is 330 cm³/mol. The molecule has 0 amide bonds. The fraction of sp³-hybridized carbons (Fsp3) is 0.0513. The van der Waals surface area contributed by atoms with Gasteiger partial charge in [0.1, 0.15) is 0 Å². The molecule has 2 heteroatoms. The van der Waals surface area contributed by atoms with E-state index in [4.69, 9.17) is 9.97 Å². The SMILES string of the molecule is C1=CC2=C(CC1)c1ccc(-c3cc(-c4cccc(-c5cc(-c6ccccc6)nc(-c6ccc7c(c6)C(c6ccccc6)(c6ccccc6)c6ccccc6-7)c5)c4)cc(-c4ccccc4)n3)cc1C2(c1ccccc1)c1ccccc1. The van der Waals surface area contributed by atoms with Crippen LogP contribution in [0.3, 0.4) is 0 Å². The lowest BCUT2D eigenvalue weighted by Crippen LogP contribution is -2.29. The van der Waals surface area contributed by atoms with Crippen LogP contribution in [0.4, 0.5) is 0 Å². The number of pyridine rings is 2. The topological polar surface area (TPSA) is 25.8 Å². The van der Waals surface area contributed by atoms with Gasteiger partial charge in [0.25, 0.3) is 0 Å². The molecule has 376 valence electrons. The van der Waals surface area contributed by atoms with Crippen molar-refractivity contribution in [3.05, 3.63) is 353 Å². The van der Waals surface area contributed by atoms with E-state index < -0.39 is 10.8 Å². The molecule has 0 unspecified atom stereocenters. The van der Waals surface area contributed by atoms with Gasteiger partial charge >= 0.3 is 0 Å². The summed E-state index contributed by atoms with van der Waals surface area (Å²) in [6, 6.07) is 107. The zero-order valence-corrected chi connectivity index (χ0v) is 44.2. The van der Waals surface area contributed by atoms with Crippen LogP contribution < -0.4 is 0 Å². The van der Waals surface area contributed by atoms with Crippen LogP contribution in [0.1, 0.15) is 57.3 Å². The van der Waals surface area contributed by atoms with E-state index in [9.17, 15) is 0 Å². The number of hydrogen-bond donors (Lipinski definition) is 0. The van der Waals surface area contributed by atoms with Crippen LogP contribution in [0.5, 0.6) is 0 Å². The van der Waals surface area contributed by atoms with Gasteiger partial charge in [-0.2, -0.15) is 0 Å². The van der Waals surface area contributed by atoms with Crippen molar-refractivity contribution in [3.63, 3.8) is 0 Å². The first-order chi connectivity index (χ1) is 39.6. The molecular formula is C78H54N2. The molecule has 10 aromatic carbocycles. The lowest BCUT2D eigenvalue weighted by atomic mass is 9.66. The molecule has 3 aliphatic rings. The number of benzene rings is 10. The molecule has 0 spiro atoms. The van der Waals surface area contributed by atoms with Crippen LogP contribution in [0.15, 0.2) is 309 Å². The van der Waals surface area contributed by atoms with E-state index in [1.807, 2.05) is 0 Å². The van der Waals surface area contributed by atoms with Crippen molar-refractivity contribution >= 4 is 5.57 Å². The van der Waals surface area contributed by atoms with Gasteiger partial charge in [-0.15, -0.1) is 0 Å². The van der Waals surface area contributed by atoms with Crippen LogP contribution in [0.2, 0.25) is 0 Å². The molecule has 2 nitrogen and oxygen atoms in total. The summed E-state index contributed by atoms with van der Waals surface area (Å²) in [5.74, 6) is 0. The predicted octanol–water partition coefficient (Wildman–Crippen LogP) is 19.3. The molecular weight excluding hydrogens is 965 g/mol. The zero-order chi connectivity index (χ0) is 53.0. The number of rotatable bonds is 10. The number of aromatic nitrogens is 2. The maximum absolute atomic E-state index is 5.53. The molecule has 0 atom stereocenters. The van der Waals surface area contributed by atoms with E-state index in [1.54, 1.807) is 0 Å². The van der Waals surface area contributed by atoms with Crippen molar-refractivity contribution in [1.29, 1.82) is 0 Å². The molecule has 0 radical (unpaired) electrons. The highest BCUT2D eigenvalue weighted by atomic mass is 14.7. The number of nitrogens with zero attached hydrogens (tertiary/aromatic N) is 2. The van der Waals surface area contributed by atoms with E-state index in [1.165, 1.54) is 66.8 Å². The fourth-order valence-electron chi connectivity index (χ4n) is 13.6. The van der Waals surface area contributed by atoms with Crippen LogP contribution in [-0.2, 0) is 10.8 Å². The average molecular weight is 1020 g/mol.